The van der Waals surface area contributed by atoms with Crippen molar-refractivity contribution in [1.29, 1.82) is 0 Å². The van der Waals surface area contributed by atoms with Gasteiger partial charge in [0.25, 0.3) is 0 Å². The maximum atomic E-state index is 13.6. The highest BCUT2D eigenvalue weighted by molar-refractivity contribution is 5.09. The standard InChI is InChI=1S/C14H19FN2O2/c1-18-13-9-17(10-14(13)5-3-7-19-14)8-12-11(15)4-2-6-16-12/h2,4,6,13H,3,5,7-10H2,1H3/t13-,14-/m0/s1. The number of hydrogen-bond acceptors (Lipinski definition) is 4. The summed E-state index contributed by atoms with van der Waals surface area (Å²) < 4.78 is 25.1. The Hall–Kier alpha value is -1.04. The lowest BCUT2D eigenvalue weighted by molar-refractivity contribution is -0.0756. The van der Waals surface area contributed by atoms with Gasteiger partial charge in [0.2, 0.25) is 0 Å². The van der Waals surface area contributed by atoms with Crippen molar-refractivity contribution in [3.05, 3.63) is 29.8 Å². The summed E-state index contributed by atoms with van der Waals surface area (Å²) in [6.45, 7) is 2.87. The maximum Gasteiger partial charge on any atom is 0.146 e. The van der Waals surface area contributed by atoms with Crippen molar-refractivity contribution in [3.63, 3.8) is 0 Å². The zero-order valence-corrected chi connectivity index (χ0v) is 11.1. The first-order chi connectivity index (χ1) is 9.23. The summed E-state index contributed by atoms with van der Waals surface area (Å²) in [5.41, 5.74) is 0.299. The van der Waals surface area contributed by atoms with Gasteiger partial charge in [0, 0.05) is 39.5 Å². The van der Waals surface area contributed by atoms with Gasteiger partial charge in [-0.1, -0.05) is 0 Å². The average Bonchev–Trinajstić information content (AvgIpc) is 3.01. The zero-order valence-electron chi connectivity index (χ0n) is 11.1. The van der Waals surface area contributed by atoms with Crippen molar-refractivity contribution >= 4 is 0 Å². The molecule has 3 rings (SSSR count). The third-order valence-corrected chi connectivity index (χ3v) is 4.13. The highest BCUT2D eigenvalue weighted by Crippen LogP contribution is 2.37. The van der Waals surface area contributed by atoms with Crippen molar-refractivity contribution in [2.45, 2.75) is 31.1 Å². The number of aromatic nitrogens is 1. The molecule has 4 nitrogen and oxygen atoms in total. The molecule has 1 aromatic rings. The topological polar surface area (TPSA) is 34.6 Å². The molecular formula is C14H19FN2O2. The van der Waals surface area contributed by atoms with Gasteiger partial charge in [-0.2, -0.15) is 0 Å². The molecule has 2 saturated heterocycles. The van der Waals surface area contributed by atoms with Crippen LogP contribution in [0.3, 0.4) is 0 Å². The van der Waals surface area contributed by atoms with Gasteiger partial charge in [0.1, 0.15) is 11.4 Å². The highest BCUT2D eigenvalue weighted by Gasteiger charge is 2.50. The molecule has 1 spiro atoms. The molecule has 2 fully saturated rings. The molecule has 2 aliphatic heterocycles. The van der Waals surface area contributed by atoms with Crippen molar-refractivity contribution in [2.75, 3.05) is 26.8 Å². The van der Waals surface area contributed by atoms with Crippen LogP contribution in [-0.4, -0.2) is 48.4 Å². The average molecular weight is 266 g/mol. The van der Waals surface area contributed by atoms with Crippen LogP contribution in [0.4, 0.5) is 4.39 Å². The van der Waals surface area contributed by atoms with Gasteiger partial charge < -0.3 is 9.47 Å². The Labute approximate surface area is 112 Å². The molecule has 0 N–H and O–H groups in total. The lowest BCUT2D eigenvalue weighted by Crippen LogP contribution is -2.42. The van der Waals surface area contributed by atoms with Gasteiger partial charge in [-0.25, -0.2) is 4.39 Å². The minimum atomic E-state index is -0.246. The fraction of sp³-hybridized carbons (Fsp3) is 0.643. The summed E-state index contributed by atoms with van der Waals surface area (Å²) >= 11 is 0. The van der Waals surface area contributed by atoms with E-state index < -0.39 is 0 Å². The van der Waals surface area contributed by atoms with E-state index in [0.717, 1.165) is 32.5 Å². The molecule has 2 aliphatic rings. The second-order valence-corrected chi connectivity index (χ2v) is 5.34. The van der Waals surface area contributed by atoms with Crippen LogP contribution in [0.5, 0.6) is 0 Å². The molecule has 3 heterocycles. The first-order valence-corrected chi connectivity index (χ1v) is 6.72. The van der Waals surface area contributed by atoms with Gasteiger partial charge in [-0.3, -0.25) is 9.88 Å². The maximum absolute atomic E-state index is 13.6. The number of halogens is 1. The van der Waals surface area contributed by atoms with Crippen molar-refractivity contribution in [3.8, 4) is 0 Å². The molecule has 5 heteroatoms. The van der Waals surface area contributed by atoms with E-state index in [4.69, 9.17) is 9.47 Å². The van der Waals surface area contributed by atoms with Gasteiger partial charge >= 0.3 is 0 Å². The van der Waals surface area contributed by atoms with E-state index in [0.29, 0.717) is 12.2 Å². The van der Waals surface area contributed by atoms with Gasteiger partial charge in [-0.15, -0.1) is 0 Å². The monoisotopic (exact) mass is 266 g/mol. The van der Waals surface area contributed by atoms with Crippen molar-refractivity contribution < 1.29 is 13.9 Å². The quantitative estimate of drug-likeness (QED) is 0.832. The number of pyridine rings is 1. The van der Waals surface area contributed by atoms with Crippen LogP contribution in [0.2, 0.25) is 0 Å². The second kappa shape index (κ2) is 5.15. The molecule has 0 radical (unpaired) electrons. The Morgan fingerprint density at radius 2 is 2.53 bits per heavy atom. The molecule has 0 amide bonds. The Kier molecular flexibility index (Phi) is 3.52. The zero-order chi connectivity index (χ0) is 13.3. The number of likely N-dealkylation sites (tertiary alicyclic amines) is 1. The van der Waals surface area contributed by atoms with E-state index in [-0.39, 0.29) is 17.5 Å². The van der Waals surface area contributed by atoms with E-state index in [9.17, 15) is 4.39 Å². The predicted molar refractivity (Wildman–Crippen MR) is 68.2 cm³/mol. The number of nitrogens with zero attached hydrogens (tertiary/aromatic N) is 2. The Morgan fingerprint density at radius 1 is 1.63 bits per heavy atom. The Bertz CT molecular complexity index is 449. The predicted octanol–water partition coefficient (Wildman–Crippen LogP) is 1.60. The van der Waals surface area contributed by atoms with Crippen molar-refractivity contribution in [2.24, 2.45) is 0 Å². The first-order valence-electron chi connectivity index (χ1n) is 6.72. The fourth-order valence-electron chi connectivity index (χ4n) is 3.20. The molecule has 0 aromatic carbocycles. The molecule has 104 valence electrons. The van der Waals surface area contributed by atoms with E-state index >= 15 is 0 Å². The largest absolute Gasteiger partial charge is 0.377 e. The van der Waals surface area contributed by atoms with Crippen LogP contribution >= 0.6 is 0 Å². The van der Waals surface area contributed by atoms with E-state index in [1.54, 1.807) is 19.4 Å². The highest BCUT2D eigenvalue weighted by atomic mass is 19.1. The number of ether oxygens (including phenoxy) is 2. The van der Waals surface area contributed by atoms with Crippen LogP contribution < -0.4 is 0 Å². The van der Waals surface area contributed by atoms with Crippen LogP contribution in [0, 0.1) is 5.82 Å². The summed E-state index contributed by atoms with van der Waals surface area (Å²) in [6.07, 6.45) is 3.80. The minimum absolute atomic E-state index is 0.0711. The van der Waals surface area contributed by atoms with Crippen LogP contribution in [0.1, 0.15) is 18.5 Å². The van der Waals surface area contributed by atoms with Gasteiger partial charge in [0.05, 0.1) is 11.8 Å². The first kappa shape index (κ1) is 13.0. The second-order valence-electron chi connectivity index (χ2n) is 5.34. The summed E-state index contributed by atoms with van der Waals surface area (Å²) in [7, 11) is 1.72. The molecule has 0 aliphatic carbocycles. The summed E-state index contributed by atoms with van der Waals surface area (Å²) in [6, 6.07) is 3.07. The smallest absolute Gasteiger partial charge is 0.146 e. The van der Waals surface area contributed by atoms with E-state index in [1.165, 1.54) is 6.07 Å². The number of rotatable bonds is 3. The Morgan fingerprint density at radius 3 is 3.21 bits per heavy atom. The molecule has 0 unspecified atom stereocenters. The molecule has 19 heavy (non-hydrogen) atoms. The lowest BCUT2D eigenvalue weighted by Gasteiger charge is -2.28. The van der Waals surface area contributed by atoms with Crippen molar-refractivity contribution in [1.82, 2.24) is 9.88 Å². The minimum Gasteiger partial charge on any atom is -0.377 e. The number of hydrogen-bond donors (Lipinski definition) is 0. The number of methoxy groups -OCH3 is 1. The van der Waals surface area contributed by atoms with Crippen LogP contribution in [0.25, 0.3) is 0 Å². The summed E-state index contributed by atoms with van der Waals surface area (Å²) in [4.78, 5) is 6.28. The molecular weight excluding hydrogens is 247 g/mol. The molecule has 0 bridgehead atoms. The lowest BCUT2D eigenvalue weighted by atomic mass is 9.96. The molecule has 0 saturated carbocycles. The normalized spacial score (nSPS) is 31.4. The summed E-state index contributed by atoms with van der Waals surface area (Å²) in [5.74, 6) is -0.246. The van der Waals surface area contributed by atoms with Gasteiger partial charge in [0.15, 0.2) is 0 Å². The van der Waals surface area contributed by atoms with Gasteiger partial charge in [-0.05, 0) is 25.0 Å². The SMILES string of the molecule is CO[C@H]1CN(Cc2ncccc2F)C[C@@]12CCCO2. The van der Waals surface area contributed by atoms with E-state index in [2.05, 4.69) is 9.88 Å². The third-order valence-electron chi connectivity index (χ3n) is 4.13. The van der Waals surface area contributed by atoms with E-state index in [1.807, 2.05) is 0 Å². The third kappa shape index (κ3) is 2.38. The van der Waals surface area contributed by atoms with Crippen LogP contribution in [0.15, 0.2) is 18.3 Å². The summed E-state index contributed by atoms with van der Waals surface area (Å²) in [5, 5.41) is 0. The fourth-order valence-corrected chi connectivity index (χ4v) is 3.20. The van der Waals surface area contributed by atoms with Crippen LogP contribution in [-0.2, 0) is 16.0 Å². The molecule has 2 atom stereocenters. The molecule has 1 aromatic heterocycles. The Balaban J connectivity index is 1.72.